The third-order valence-electron chi connectivity index (χ3n) is 4.95. The van der Waals surface area contributed by atoms with Crippen LogP contribution in [0.3, 0.4) is 0 Å². The fraction of sp³-hybridized carbons (Fsp3) is 0.938. The molecule has 2 fully saturated rings. The fourth-order valence-electron chi connectivity index (χ4n) is 3.47. The Hall–Kier alpha value is -0.650. The van der Waals surface area contributed by atoms with Crippen molar-refractivity contribution in [2.75, 3.05) is 45.8 Å². The van der Waals surface area contributed by atoms with E-state index in [1.165, 1.54) is 13.1 Å². The van der Waals surface area contributed by atoms with Crippen molar-refractivity contribution in [1.29, 1.82) is 0 Å². The van der Waals surface area contributed by atoms with Crippen LogP contribution < -0.4 is 11.1 Å². The molecule has 122 valence electrons. The number of carbonyl (C=O) groups is 1. The predicted octanol–water partition coefficient (Wildman–Crippen LogP) is 0.504. The van der Waals surface area contributed by atoms with E-state index in [0.717, 1.165) is 52.0 Å². The van der Waals surface area contributed by atoms with Crippen LogP contribution in [-0.2, 0) is 4.79 Å². The van der Waals surface area contributed by atoms with E-state index >= 15 is 0 Å². The number of nitrogens with two attached hydrogens (primary N) is 1. The van der Waals surface area contributed by atoms with Crippen molar-refractivity contribution in [1.82, 2.24) is 15.1 Å². The van der Waals surface area contributed by atoms with Gasteiger partial charge < -0.3 is 20.9 Å². The molecule has 2 aliphatic rings. The molecule has 0 aromatic rings. The summed E-state index contributed by atoms with van der Waals surface area (Å²) >= 11 is 0. The number of hydrogen-bond acceptors (Lipinski definition) is 4. The molecular formula is C16H32N4O. The quantitative estimate of drug-likeness (QED) is 0.749. The maximum atomic E-state index is 12.1. The van der Waals surface area contributed by atoms with Crippen LogP contribution in [0.2, 0.25) is 0 Å². The zero-order valence-corrected chi connectivity index (χ0v) is 13.7. The summed E-state index contributed by atoms with van der Waals surface area (Å²) in [6, 6.07) is 0.230. The molecule has 0 spiro atoms. The van der Waals surface area contributed by atoms with Crippen molar-refractivity contribution in [3.05, 3.63) is 0 Å². The van der Waals surface area contributed by atoms with Crippen molar-refractivity contribution in [3.8, 4) is 0 Å². The zero-order chi connectivity index (χ0) is 15.2. The normalized spacial score (nSPS) is 29.5. The van der Waals surface area contributed by atoms with Gasteiger partial charge in [-0.1, -0.05) is 13.8 Å². The molecule has 1 amide bonds. The number of nitrogens with zero attached hydrogens (tertiary/aromatic N) is 2. The van der Waals surface area contributed by atoms with Gasteiger partial charge in [0.2, 0.25) is 5.91 Å². The van der Waals surface area contributed by atoms with Gasteiger partial charge in [0.1, 0.15) is 0 Å². The monoisotopic (exact) mass is 296 g/mol. The Labute approximate surface area is 129 Å². The summed E-state index contributed by atoms with van der Waals surface area (Å²) in [4.78, 5) is 17.1. The van der Waals surface area contributed by atoms with Crippen molar-refractivity contribution in [3.63, 3.8) is 0 Å². The van der Waals surface area contributed by atoms with Crippen LogP contribution in [0.15, 0.2) is 0 Å². The minimum Gasteiger partial charge on any atom is -0.356 e. The summed E-state index contributed by atoms with van der Waals surface area (Å²) in [5.74, 6) is 0.878. The lowest BCUT2D eigenvalue weighted by Crippen LogP contribution is -2.48. The first-order valence-electron chi connectivity index (χ1n) is 8.56. The molecule has 0 radical (unpaired) electrons. The van der Waals surface area contributed by atoms with E-state index in [2.05, 4.69) is 29.0 Å². The smallest absolute Gasteiger partial charge is 0.223 e. The number of rotatable bonds is 6. The highest BCUT2D eigenvalue weighted by atomic mass is 16.1. The average molecular weight is 296 g/mol. The van der Waals surface area contributed by atoms with Gasteiger partial charge in [0.05, 0.1) is 0 Å². The van der Waals surface area contributed by atoms with Gasteiger partial charge in [-0.05, 0) is 31.7 Å². The van der Waals surface area contributed by atoms with E-state index in [4.69, 9.17) is 5.73 Å². The molecule has 1 aliphatic heterocycles. The van der Waals surface area contributed by atoms with Crippen molar-refractivity contribution >= 4 is 5.91 Å². The number of piperazine rings is 1. The Bertz CT molecular complexity index is 328. The number of carbonyl (C=O) groups excluding carboxylic acids is 1. The van der Waals surface area contributed by atoms with Crippen LogP contribution >= 0.6 is 0 Å². The number of hydrogen-bond donors (Lipinski definition) is 2. The van der Waals surface area contributed by atoms with Crippen LogP contribution in [0.25, 0.3) is 0 Å². The first-order chi connectivity index (χ1) is 10.1. The van der Waals surface area contributed by atoms with Crippen LogP contribution in [0.4, 0.5) is 0 Å². The van der Waals surface area contributed by atoms with Crippen LogP contribution in [0.5, 0.6) is 0 Å². The standard InChI is InChI=1S/C16H32N4O/c1-3-19-6-8-20(9-7-19)12-13(2)11-18-16(21)14-4-5-15(17)10-14/h13-15H,3-12,17H2,1-2H3,(H,18,21). The Kier molecular flexibility index (Phi) is 6.45. The van der Waals surface area contributed by atoms with Crippen LogP contribution in [0, 0.1) is 11.8 Å². The molecule has 0 bridgehead atoms. The molecule has 1 saturated carbocycles. The largest absolute Gasteiger partial charge is 0.356 e. The van der Waals surface area contributed by atoms with E-state index in [-0.39, 0.29) is 17.9 Å². The molecule has 5 heteroatoms. The average Bonchev–Trinajstić information content (AvgIpc) is 2.92. The van der Waals surface area contributed by atoms with Gasteiger partial charge in [0.25, 0.3) is 0 Å². The van der Waals surface area contributed by atoms with Crippen LogP contribution in [0.1, 0.15) is 33.1 Å². The highest BCUT2D eigenvalue weighted by Crippen LogP contribution is 2.24. The second-order valence-electron chi connectivity index (χ2n) is 6.86. The molecule has 21 heavy (non-hydrogen) atoms. The lowest BCUT2D eigenvalue weighted by atomic mass is 10.1. The molecule has 0 aromatic heterocycles. The molecule has 0 aromatic carbocycles. The Morgan fingerprint density at radius 3 is 2.48 bits per heavy atom. The molecule has 5 nitrogen and oxygen atoms in total. The molecule has 3 N–H and O–H groups in total. The molecular weight excluding hydrogens is 264 g/mol. The Balaban J connectivity index is 1.61. The molecule has 3 atom stereocenters. The predicted molar refractivity (Wildman–Crippen MR) is 86.0 cm³/mol. The molecule has 1 saturated heterocycles. The van der Waals surface area contributed by atoms with Crippen molar-refractivity contribution in [2.24, 2.45) is 17.6 Å². The minimum atomic E-state index is 0.153. The van der Waals surface area contributed by atoms with E-state index in [1.54, 1.807) is 0 Å². The number of likely N-dealkylation sites (N-methyl/N-ethyl adjacent to an activating group) is 1. The maximum absolute atomic E-state index is 12.1. The van der Waals surface area contributed by atoms with E-state index in [0.29, 0.717) is 5.92 Å². The maximum Gasteiger partial charge on any atom is 0.223 e. The van der Waals surface area contributed by atoms with Gasteiger partial charge >= 0.3 is 0 Å². The second kappa shape index (κ2) is 8.11. The van der Waals surface area contributed by atoms with Gasteiger partial charge in [-0.25, -0.2) is 0 Å². The summed E-state index contributed by atoms with van der Waals surface area (Å²) in [5, 5.41) is 3.12. The molecule has 2 rings (SSSR count). The Morgan fingerprint density at radius 2 is 1.90 bits per heavy atom. The third-order valence-corrected chi connectivity index (χ3v) is 4.95. The van der Waals surface area contributed by atoms with Crippen molar-refractivity contribution < 1.29 is 4.79 Å². The van der Waals surface area contributed by atoms with Gasteiger partial charge in [-0.3, -0.25) is 4.79 Å². The van der Waals surface area contributed by atoms with Gasteiger partial charge in [0, 0.05) is 51.2 Å². The van der Waals surface area contributed by atoms with E-state index in [9.17, 15) is 4.79 Å². The summed E-state index contributed by atoms with van der Waals surface area (Å²) in [7, 11) is 0. The minimum absolute atomic E-state index is 0.153. The SMILES string of the molecule is CCN1CCN(CC(C)CNC(=O)C2CCC(N)C2)CC1. The highest BCUT2D eigenvalue weighted by molar-refractivity contribution is 5.78. The first-order valence-corrected chi connectivity index (χ1v) is 8.56. The van der Waals surface area contributed by atoms with E-state index in [1.807, 2.05) is 0 Å². The summed E-state index contributed by atoms with van der Waals surface area (Å²) in [6.07, 6.45) is 2.81. The Morgan fingerprint density at radius 1 is 1.24 bits per heavy atom. The van der Waals surface area contributed by atoms with Gasteiger partial charge in [-0.15, -0.1) is 0 Å². The van der Waals surface area contributed by atoms with Crippen molar-refractivity contribution in [2.45, 2.75) is 39.2 Å². The molecule has 1 heterocycles. The lowest BCUT2D eigenvalue weighted by Gasteiger charge is -2.35. The molecule has 3 unspecified atom stereocenters. The third kappa shape index (κ3) is 5.24. The van der Waals surface area contributed by atoms with Gasteiger partial charge in [0.15, 0.2) is 0 Å². The number of amides is 1. The summed E-state index contributed by atoms with van der Waals surface area (Å²) in [5.41, 5.74) is 5.87. The lowest BCUT2D eigenvalue weighted by molar-refractivity contribution is -0.125. The summed E-state index contributed by atoms with van der Waals surface area (Å²) in [6.45, 7) is 12.2. The highest BCUT2D eigenvalue weighted by Gasteiger charge is 2.27. The topological polar surface area (TPSA) is 61.6 Å². The van der Waals surface area contributed by atoms with Crippen LogP contribution in [-0.4, -0.2) is 67.6 Å². The molecule has 1 aliphatic carbocycles. The summed E-state index contributed by atoms with van der Waals surface area (Å²) < 4.78 is 0. The number of nitrogens with one attached hydrogen (secondary N) is 1. The van der Waals surface area contributed by atoms with E-state index < -0.39 is 0 Å². The zero-order valence-electron chi connectivity index (χ0n) is 13.7. The second-order valence-corrected chi connectivity index (χ2v) is 6.86. The van der Waals surface area contributed by atoms with Gasteiger partial charge in [-0.2, -0.15) is 0 Å². The first kappa shape index (κ1) is 16.7. The fourth-order valence-corrected chi connectivity index (χ4v) is 3.47.